The fourth-order valence-electron chi connectivity index (χ4n) is 1.91. The SMILES string of the molecule is CCCCC(C(=O)C(C)CC)C(C)C(C)=O. The molecular weight excluding hydrogens is 200 g/mol. The minimum Gasteiger partial charge on any atom is -0.300 e. The highest BCUT2D eigenvalue weighted by molar-refractivity contribution is 5.89. The van der Waals surface area contributed by atoms with Gasteiger partial charge in [0, 0.05) is 17.8 Å². The van der Waals surface area contributed by atoms with Crippen molar-refractivity contribution in [3.05, 3.63) is 0 Å². The number of unbranched alkanes of at least 4 members (excludes halogenated alkanes) is 1. The van der Waals surface area contributed by atoms with E-state index in [0.29, 0.717) is 0 Å². The van der Waals surface area contributed by atoms with E-state index in [9.17, 15) is 9.59 Å². The van der Waals surface area contributed by atoms with E-state index in [1.807, 2.05) is 20.8 Å². The van der Waals surface area contributed by atoms with Gasteiger partial charge in [-0.15, -0.1) is 0 Å². The Balaban J connectivity index is 4.65. The van der Waals surface area contributed by atoms with Crippen LogP contribution in [-0.2, 0) is 9.59 Å². The van der Waals surface area contributed by atoms with Crippen LogP contribution in [-0.4, -0.2) is 11.6 Å². The van der Waals surface area contributed by atoms with Crippen molar-refractivity contribution in [3.8, 4) is 0 Å². The maximum atomic E-state index is 12.2. The molecule has 0 saturated carbocycles. The number of carbonyl (C=O) groups excluding carboxylic acids is 2. The number of ketones is 2. The van der Waals surface area contributed by atoms with Crippen LogP contribution in [0.1, 0.15) is 60.3 Å². The van der Waals surface area contributed by atoms with E-state index in [4.69, 9.17) is 0 Å². The third-order valence-corrected chi connectivity index (χ3v) is 3.58. The van der Waals surface area contributed by atoms with E-state index < -0.39 is 0 Å². The van der Waals surface area contributed by atoms with Gasteiger partial charge in [-0.3, -0.25) is 9.59 Å². The lowest BCUT2D eigenvalue weighted by atomic mass is 9.79. The molecule has 94 valence electrons. The number of hydrogen-bond donors (Lipinski definition) is 0. The monoisotopic (exact) mass is 226 g/mol. The van der Waals surface area contributed by atoms with Gasteiger partial charge in [0.05, 0.1) is 0 Å². The van der Waals surface area contributed by atoms with Gasteiger partial charge in [-0.1, -0.05) is 40.5 Å². The molecule has 2 nitrogen and oxygen atoms in total. The third-order valence-electron chi connectivity index (χ3n) is 3.58. The molecule has 16 heavy (non-hydrogen) atoms. The topological polar surface area (TPSA) is 34.1 Å². The fourth-order valence-corrected chi connectivity index (χ4v) is 1.91. The smallest absolute Gasteiger partial charge is 0.139 e. The number of Topliss-reactive ketones (excluding diaryl/α,β-unsaturated/α-hetero) is 2. The van der Waals surface area contributed by atoms with Crippen LogP contribution in [0.2, 0.25) is 0 Å². The molecule has 0 saturated heterocycles. The quantitative estimate of drug-likeness (QED) is 0.633. The maximum Gasteiger partial charge on any atom is 0.139 e. The molecule has 3 unspecified atom stereocenters. The molecule has 0 aromatic heterocycles. The van der Waals surface area contributed by atoms with E-state index in [-0.39, 0.29) is 29.3 Å². The van der Waals surface area contributed by atoms with E-state index >= 15 is 0 Å². The number of hydrogen-bond acceptors (Lipinski definition) is 2. The average molecular weight is 226 g/mol. The van der Waals surface area contributed by atoms with Crippen LogP contribution in [0.4, 0.5) is 0 Å². The number of rotatable bonds is 8. The first-order valence-electron chi connectivity index (χ1n) is 6.49. The van der Waals surface area contributed by atoms with Crippen LogP contribution < -0.4 is 0 Å². The van der Waals surface area contributed by atoms with E-state index in [0.717, 1.165) is 25.7 Å². The van der Waals surface area contributed by atoms with E-state index in [1.165, 1.54) is 0 Å². The zero-order valence-corrected chi connectivity index (χ0v) is 11.4. The molecule has 0 radical (unpaired) electrons. The molecule has 0 bridgehead atoms. The van der Waals surface area contributed by atoms with Crippen molar-refractivity contribution in [1.82, 2.24) is 0 Å². The summed E-state index contributed by atoms with van der Waals surface area (Å²) in [6.45, 7) is 9.59. The Kier molecular flexibility index (Phi) is 7.27. The van der Waals surface area contributed by atoms with Crippen molar-refractivity contribution in [2.45, 2.75) is 60.3 Å². The largest absolute Gasteiger partial charge is 0.300 e. The van der Waals surface area contributed by atoms with Crippen LogP contribution in [0.5, 0.6) is 0 Å². The summed E-state index contributed by atoms with van der Waals surface area (Å²) in [4.78, 5) is 23.6. The van der Waals surface area contributed by atoms with Gasteiger partial charge in [0.2, 0.25) is 0 Å². The molecular formula is C14H26O2. The van der Waals surface area contributed by atoms with Crippen molar-refractivity contribution >= 4 is 11.6 Å². The molecule has 3 atom stereocenters. The van der Waals surface area contributed by atoms with Crippen LogP contribution in [0.3, 0.4) is 0 Å². The molecule has 0 aliphatic rings. The molecule has 0 aliphatic heterocycles. The molecule has 0 heterocycles. The van der Waals surface area contributed by atoms with Gasteiger partial charge in [-0.2, -0.15) is 0 Å². The van der Waals surface area contributed by atoms with Crippen molar-refractivity contribution in [1.29, 1.82) is 0 Å². The highest BCUT2D eigenvalue weighted by Crippen LogP contribution is 2.24. The fraction of sp³-hybridized carbons (Fsp3) is 0.857. The second-order valence-electron chi connectivity index (χ2n) is 4.86. The summed E-state index contributed by atoms with van der Waals surface area (Å²) < 4.78 is 0. The standard InChI is InChI=1S/C14H26O2/c1-6-8-9-13(11(4)12(5)15)14(16)10(3)7-2/h10-11,13H,6-9H2,1-5H3. The molecule has 0 N–H and O–H groups in total. The van der Waals surface area contributed by atoms with Crippen LogP contribution >= 0.6 is 0 Å². The first kappa shape index (κ1) is 15.3. The van der Waals surface area contributed by atoms with Crippen LogP contribution in [0.15, 0.2) is 0 Å². The van der Waals surface area contributed by atoms with Gasteiger partial charge in [-0.05, 0) is 19.8 Å². The molecule has 0 aromatic rings. The normalized spacial score (nSPS) is 16.6. The zero-order valence-electron chi connectivity index (χ0n) is 11.4. The zero-order chi connectivity index (χ0) is 12.7. The average Bonchev–Trinajstić information content (AvgIpc) is 2.27. The van der Waals surface area contributed by atoms with Crippen LogP contribution in [0, 0.1) is 17.8 Å². The summed E-state index contributed by atoms with van der Waals surface area (Å²) in [6.07, 6.45) is 3.84. The molecule has 0 fully saturated rings. The third kappa shape index (κ3) is 4.46. The summed E-state index contributed by atoms with van der Waals surface area (Å²) in [5.41, 5.74) is 0. The lowest BCUT2D eigenvalue weighted by Crippen LogP contribution is -2.30. The van der Waals surface area contributed by atoms with Crippen molar-refractivity contribution in [3.63, 3.8) is 0 Å². The molecule has 0 amide bonds. The van der Waals surface area contributed by atoms with Crippen molar-refractivity contribution in [2.75, 3.05) is 0 Å². The predicted octanol–water partition coefficient (Wildman–Crippen LogP) is 3.63. The summed E-state index contributed by atoms with van der Waals surface area (Å²) in [5, 5.41) is 0. The second-order valence-corrected chi connectivity index (χ2v) is 4.86. The van der Waals surface area contributed by atoms with Crippen molar-refractivity contribution < 1.29 is 9.59 Å². The van der Waals surface area contributed by atoms with Crippen molar-refractivity contribution in [2.24, 2.45) is 17.8 Å². The lowest BCUT2D eigenvalue weighted by molar-refractivity contribution is -0.133. The lowest BCUT2D eigenvalue weighted by Gasteiger charge is -2.23. The predicted molar refractivity (Wildman–Crippen MR) is 67.3 cm³/mol. The molecule has 0 aromatic carbocycles. The van der Waals surface area contributed by atoms with Gasteiger partial charge < -0.3 is 0 Å². The second kappa shape index (κ2) is 7.59. The molecule has 2 heteroatoms. The molecule has 0 aliphatic carbocycles. The highest BCUT2D eigenvalue weighted by Gasteiger charge is 2.29. The Morgan fingerprint density at radius 3 is 2.06 bits per heavy atom. The maximum absolute atomic E-state index is 12.2. The first-order chi connectivity index (χ1) is 7.45. The van der Waals surface area contributed by atoms with Gasteiger partial charge in [0.1, 0.15) is 11.6 Å². The summed E-state index contributed by atoms with van der Waals surface area (Å²) in [5.74, 6) is 0.320. The Labute approximate surface area is 99.8 Å². The van der Waals surface area contributed by atoms with Gasteiger partial charge in [0.25, 0.3) is 0 Å². The Bertz CT molecular complexity index is 233. The Morgan fingerprint density at radius 2 is 1.69 bits per heavy atom. The van der Waals surface area contributed by atoms with Gasteiger partial charge in [-0.25, -0.2) is 0 Å². The summed E-state index contributed by atoms with van der Waals surface area (Å²) in [6, 6.07) is 0. The minimum atomic E-state index is -0.118. The van der Waals surface area contributed by atoms with E-state index in [1.54, 1.807) is 6.92 Å². The van der Waals surface area contributed by atoms with Gasteiger partial charge in [0.15, 0.2) is 0 Å². The van der Waals surface area contributed by atoms with E-state index in [2.05, 4.69) is 6.92 Å². The van der Waals surface area contributed by atoms with Gasteiger partial charge >= 0.3 is 0 Å². The van der Waals surface area contributed by atoms with Crippen LogP contribution in [0.25, 0.3) is 0 Å². The Hall–Kier alpha value is -0.660. The summed E-state index contributed by atoms with van der Waals surface area (Å²) >= 11 is 0. The summed E-state index contributed by atoms with van der Waals surface area (Å²) in [7, 11) is 0. The first-order valence-corrected chi connectivity index (χ1v) is 6.49. The molecule has 0 spiro atoms. The minimum absolute atomic E-state index is 0.0626. The molecule has 0 rings (SSSR count). The highest BCUT2D eigenvalue weighted by atomic mass is 16.1. The Morgan fingerprint density at radius 1 is 1.12 bits per heavy atom. The number of carbonyl (C=O) groups is 2.